The monoisotopic (exact) mass is 354 g/mol. The Balaban J connectivity index is 1.78. The van der Waals surface area contributed by atoms with Crippen LogP contribution in [0.1, 0.15) is 18.1 Å². The van der Waals surface area contributed by atoms with Gasteiger partial charge in [0.05, 0.1) is 19.4 Å². The molecule has 24 heavy (non-hydrogen) atoms. The molecule has 7 nitrogen and oxygen atoms in total. The minimum Gasteiger partial charge on any atom is -0.493 e. The predicted octanol–water partition coefficient (Wildman–Crippen LogP) is 0.268. The summed E-state index contributed by atoms with van der Waals surface area (Å²) in [6.07, 6.45) is 3.01. The Kier molecular flexibility index (Phi) is 6.86. The summed E-state index contributed by atoms with van der Waals surface area (Å²) >= 11 is 0. The van der Waals surface area contributed by atoms with Gasteiger partial charge >= 0.3 is 0 Å². The van der Waals surface area contributed by atoms with Crippen LogP contribution < -0.4 is 20.1 Å². The van der Waals surface area contributed by atoms with Crippen molar-refractivity contribution in [3.8, 4) is 5.75 Å². The Morgan fingerprint density at radius 3 is 2.88 bits per heavy atom. The van der Waals surface area contributed by atoms with Gasteiger partial charge in [-0.25, -0.2) is 13.1 Å². The van der Waals surface area contributed by atoms with E-state index in [1.54, 1.807) is 0 Å². The minimum absolute atomic E-state index is 0.292. The van der Waals surface area contributed by atoms with Crippen molar-refractivity contribution in [2.45, 2.75) is 19.8 Å². The molecule has 0 saturated heterocycles. The fraction of sp³-hybridized carbons (Fsp3) is 0.562. The van der Waals surface area contributed by atoms with Crippen LogP contribution in [-0.2, 0) is 22.9 Å². The normalized spacial score (nSPS) is 14.2. The summed E-state index contributed by atoms with van der Waals surface area (Å²) in [5.41, 5.74) is 2.54. The van der Waals surface area contributed by atoms with E-state index in [1.165, 1.54) is 11.1 Å². The Labute approximate surface area is 143 Å². The SMILES string of the molecule is CCNC(=NCCNS(C)(=O)=O)NCCc1ccc2c(c1)CCO2. The second-order valence-electron chi connectivity index (χ2n) is 5.64. The molecular formula is C16H26N4O3S. The molecule has 0 saturated carbocycles. The molecular weight excluding hydrogens is 328 g/mol. The number of sulfonamides is 1. The van der Waals surface area contributed by atoms with Crippen molar-refractivity contribution in [1.82, 2.24) is 15.4 Å². The Bertz CT molecular complexity index is 674. The fourth-order valence-electron chi connectivity index (χ4n) is 2.46. The van der Waals surface area contributed by atoms with Crippen LogP contribution in [0.25, 0.3) is 0 Å². The van der Waals surface area contributed by atoms with E-state index in [-0.39, 0.29) is 0 Å². The third kappa shape index (κ3) is 6.37. The Morgan fingerprint density at radius 1 is 1.29 bits per heavy atom. The summed E-state index contributed by atoms with van der Waals surface area (Å²) in [5, 5.41) is 6.41. The zero-order valence-electron chi connectivity index (χ0n) is 14.3. The first kappa shape index (κ1) is 18.5. The lowest BCUT2D eigenvalue weighted by atomic mass is 10.1. The van der Waals surface area contributed by atoms with Crippen LogP contribution in [0.3, 0.4) is 0 Å². The Hall–Kier alpha value is -1.80. The zero-order valence-corrected chi connectivity index (χ0v) is 15.1. The van der Waals surface area contributed by atoms with Crippen molar-refractivity contribution in [3.05, 3.63) is 29.3 Å². The van der Waals surface area contributed by atoms with Crippen molar-refractivity contribution >= 4 is 16.0 Å². The maximum Gasteiger partial charge on any atom is 0.208 e. The molecule has 1 heterocycles. The first-order chi connectivity index (χ1) is 11.5. The lowest BCUT2D eigenvalue weighted by molar-refractivity contribution is 0.357. The molecule has 2 rings (SSSR count). The first-order valence-corrected chi connectivity index (χ1v) is 10.1. The van der Waals surface area contributed by atoms with Gasteiger partial charge in [0.15, 0.2) is 5.96 Å². The average molecular weight is 354 g/mol. The summed E-state index contributed by atoms with van der Waals surface area (Å²) in [4.78, 5) is 4.35. The highest BCUT2D eigenvalue weighted by atomic mass is 32.2. The van der Waals surface area contributed by atoms with E-state index in [1.807, 2.05) is 13.0 Å². The number of rotatable bonds is 8. The number of fused-ring (bicyclic) bond motifs is 1. The minimum atomic E-state index is -3.16. The van der Waals surface area contributed by atoms with Crippen LogP contribution in [0.4, 0.5) is 0 Å². The van der Waals surface area contributed by atoms with Crippen LogP contribution in [0.5, 0.6) is 5.75 Å². The highest BCUT2D eigenvalue weighted by Crippen LogP contribution is 2.25. The highest BCUT2D eigenvalue weighted by Gasteiger charge is 2.11. The molecule has 0 amide bonds. The van der Waals surface area contributed by atoms with Crippen LogP contribution in [0, 0.1) is 0 Å². The average Bonchev–Trinajstić information content (AvgIpc) is 2.98. The number of nitrogens with zero attached hydrogens (tertiary/aromatic N) is 1. The molecule has 0 spiro atoms. The maximum atomic E-state index is 11.0. The maximum absolute atomic E-state index is 11.0. The van der Waals surface area contributed by atoms with Gasteiger partial charge in [-0.15, -0.1) is 0 Å². The van der Waals surface area contributed by atoms with E-state index in [4.69, 9.17) is 4.74 Å². The Morgan fingerprint density at radius 2 is 2.12 bits per heavy atom. The van der Waals surface area contributed by atoms with Gasteiger partial charge in [0.1, 0.15) is 5.75 Å². The molecule has 0 bridgehead atoms. The van der Waals surface area contributed by atoms with Gasteiger partial charge in [0.2, 0.25) is 10.0 Å². The van der Waals surface area contributed by atoms with Crippen LogP contribution in [0.2, 0.25) is 0 Å². The van der Waals surface area contributed by atoms with Crippen LogP contribution >= 0.6 is 0 Å². The molecule has 1 aromatic rings. The number of nitrogens with one attached hydrogen (secondary N) is 3. The zero-order chi connectivity index (χ0) is 17.4. The van der Waals surface area contributed by atoms with E-state index in [2.05, 4.69) is 32.5 Å². The molecule has 134 valence electrons. The van der Waals surface area contributed by atoms with Crippen molar-refractivity contribution < 1.29 is 13.2 Å². The molecule has 8 heteroatoms. The lowest BCUT2D eigenvalue weighted by Crippen LogP contribution is -2.39. The molecule has 0 aromatic heterocycles. The van der Waals surface area contributed by atoms with Crippen molar-refractivity contribution in [2.24, 2.45) is 4.99 Å². The molecule has 0 unspecified atom stereocenters. The number of guanidine groups is 1. The standard InChI is InChI=1S/C16H26N4O3S/c1-3-17-16(19-9-10-20-24(2,21)22)18-8-6-13-4-5-15-14(12-13)7-11-23-15/h4-5,12,20H,3,6-11H2,1-2H3,(H2,17,18,19). The van der Waals surface area contributed by atoms with Gasteiger partial charge < -0.3 is 15.4 Å². The van der Waals surface area contributed by atoms with E-state index in [0.717, 1.165) is 44.5 Å². The van der Waals surface area contributed by atoms with Gasteiger partial charge in [-0.1, -0.05) is 12.1 Å². The summed E-state index contributed by atoms with van der Waals surface area (Å²) in [6, 6.07) is 6.32. The van der Waals surface area contributed by atoms with Crippen LogP contribution in [-0.4, -0.2) is 53.4 Å². The van der Waals surface area contributed by atoms with E-state index >= 15 is 0 Å². The van der Waals surface area contributed by atoms with E-state index < -0.39 is 10.0 Å². The van der Waals surface area contributed by atoms with Gasteiger partial charge in [0, 0.05) is 26.1 Å². The molecule has 0 fully saturated rings. The van der Waals surface area contributed by atoms with Gasteiger partial charge in [0.25, 0.3) is 0 Å². The van der Waals surface area contributed by atoms with Crippen LogP contribution in [0.15, 0.2) is 23.2 Å². The quantitative estimate of drug-likeness (QED) is 0.354. The van der Waals surface area contributed by atoms with Crippen molar-refractivity contribution in [2.75, 3.05) is 39.0 Å². The summed E-state index contributed by atoms with van der Waals surface area (Å²) in [7, 11) is -3.16. The van der Waals surface area contributed by atoms with Crippen molar-refractivity contribution in [3.63, 3.8) is 0 Å². The molecule has 1 aliphatic heterocycles. The number of hydrogen-bond donors (Lipinski definition) is 3. The second kappa shape index (κ2) is 8.89. The number of hydrogen-bond acceptors (Lipinski definition) is 4. The lowest BCUT2D eigenvalue weighted by Gasteiger charge is -2.11. The number of aliphatic imine (C=N–C) groups is 1. The molecule has 1 aromatic carbocycles. The smallest absolute Gasteiger partial charge is 0.208 e. The molecule has 0 atom stereocenters. The predicted molar refractivity (Wildman–Crippen MR) is 96.2 cm³/mol. The van der Waals surface area contributed by atoms with E-state index in [9.17, 15) is 8.42 Å². The third-order valence-electron chi connectivity index (χ3n) is 3.55. The second-order valence-corrected chi connectivity index (χ2v) is 7.48. The van der Waals surface area contributed by atoms with Crippen molar-refractivity contribution in [1.29, 1.82) is 0 Å². The first-order valence-electron chi connectivity index (χ1n) is 8.19. The molecule has 0 radical (unpaired) electrons. The largest absolute Gasteiger partial charge is 0.493 e. The molecule has 1 aliphatic rings. The summed E-state index contributed by atoms with van der Waals surface area (Å²) < 4.78 is 30.0. The fourth-order valence-corrected chi connectivity index (χ4v) is 2.92. The molecule has 0 aliphatic carbocycles. The topological polar surface area (TPSA) is 91.8 Å². The number of ether oxygens (including phenoxy) is 1. The van der Waals surface area contributed by atoms with E-state index in [0.29, 0.717) is 19.0 Å². The highest BCUT2D eigenvalue weighted by molar-refractivity contribution is 7.88. The summed E-state index contributed by atoms with van der Waals surface area (Å²) in [6.45, 7) is 4.95. The van der Waals surface area contributed by atoms with Gasteiger partial charge in [-0.3, -0.25) is 4.99 Å². The van der Waals surface area contributed by atoms with Gasteiger partial charge in [-0.2, -0.15) is 0 Å². The third-order valence-corrected chi connectivity index (χ3v) is 4.28. The number of benzene rings is 1. The molecule has 3 N–H and O–H groups in total. The van der Waals surface area contributed by atoms with Gasteiger partial charge in [-0.05, 0) is 30.5 Å². The summed E-state index contributed by atoms with van der Waals surface area (Å²) in [5.74, 6) is 1.69.